The molecule has 0 aliphatic rings. The summed E-state index contributed by atoms with van der Waals surface area (Å²) in [6.07, 6.45) is -1.36. The lowest BCUT2D eigenvalue weighted by atomic mass is 10.00. The lowest BCUT2D eigenvalue weighted by molar-refractivity contribution is -0.137. The summed E-state index contributed by atoms with van der Waals surface area (Å²) in [5, 5.41) is 2.94. The Hall–Kier alpha value is -15.6. The number of hydrogen-bond acceptors (Lipinski definition) is 13. The first-order chi connectivity index (χ1) is 56.1. The minimum Gasteiger partial charge on any atom is -0.309 e. The van der Waals surface area contributed by atoms with E-state index in [0.717, 1.165) is 72.4 Å². The van der Waals surface area contributed by atoms with Crippen molar-refractivity contribution >= 4 is 43.6 Å². The third kappa shape index (κ3) is 12.8. The average molecular weight is 1480 g/mol. The van der Waals surface area contributed by atoms with Crippen molar-refractivity contribution in [3.63, 3.8) is 0 Å². The van der Waals surface area contributed by atoms with Crippen LogP contribution in [0.5, 0.6) is 0 Å². The van der Waals surface area contributed by atoms with E-state index >= 15 is 13.2 Å². The number of hydrogen-bond donors (Lipinski definition) is 0. The minimum absolute atomic E-state index is 0.220. The highest BCUT2D eigenvalue weighted by atomic mass is 19.4. The molecule has 7 heterocycles. The van der Waals surface area contributed by atoms with Crippen LogP contribution in [0.2, 0.25) is 0 Å². The molecule has 0 amide bonds. The van der Waals surface area contributed by atoms with Crippen molar-refractivity contribution in [1.82, 2.24) is 73.9 Å². The van der Waals surface area contributed by atoms with E-state index in [1.54, 1.807) is 18.5 Å². The van der Waals surface area contributed by atoms with Crippen molar-refractivity contribution in [3.8, 4) is 159 Å². The topological polar surface area (TPSA) is 177 Å². The van der Waals surface area contributed by atoms with Crippen LogP contribution in [0.25, 0.3) is 203 Å². The molecule has 0 saturated heterocycles. The molecular formula is C96H58F3N15. The zero-order valence-corrected chi connectivity index (χ0v) is 60.3. The van der Waals surface area contributed by atoms with Gasteiger partial charge in [-0.15, -0.1) is 0 Å². The van der Waals surface area contributed by atoms with Crippen LogP contribution in [0, 0.1) is 0 Å². The Morgan fingerprint density at radius 1 is 0.202 bits per heavy atom. The molecule has 7 aromatic heterocycles. The summed E-state index contributed by atoms with van der Waals surface area (Å²) in [4.78, 5) is 66.3. The maximum atomic E-state index is 16.0. The smallest absolute Gasteiger partial charge is 0.309 e. The molecule has 20 rings (SSSR count). The molecule has 0 fully saturated rings. The van der Waals surface area contributed by atoms with Gasteiger partial charge in [0.25, 0.3) is 0 Å². The van der Waals surface area contributed by atoms with Gasteiger partial charge in [-0.3, -0.25) is 4.98 Å². The molecule has 18 heteroatoms. The molecule has 0 N–H and O–H groups in total. The predicted octanol–water partition coefficient (Wildman–Crippen LogP) is 22.7. The summed E-state index contributed by atoms with van der Waals surface area (Å²) in [6, 6.07) is 108. The van der Waals surface area contributed by atoms with Crippen molar-refractivity contribution in [1.29, 1.82) is 0 Å². The normalized spacial score (nSPS) is 11.6. The van der Waals surface area contributed by atoms with Crippen LogP contribution >= 0.6 is 0 Å². The van der Waals surface area contributed by atoms with Gasteiger partial charge in [0.2, 0.25) is 0 Å². The van der Waals surface area contributed by atoms with Gasteiger partial charge in [0.15, 0.2) is 69.9 Å². The van der Waals surface area contributed by atoms with E-state index in [1.165, 1.54) is 6.07 Å². The first kappa shape index (κ1) is 67.8. The number of alkyl halides is 3. The van der Waals surface area contributed by atoms with Crippen LogP contribution in [0.15, 0.2) is 352 Å². The van der Waals surface area contributed by atoms with E-state index in [2.05, 4.69) is 16.7 Å². The Morgan fingerprint density at radius 3 is 0.667 bits per heavy atom. The molecule has 0 atom stereocenters. The van der Waals surface area contributed by atoms with E-state index in [9.17, 15) is 0 Å². The van der Waals surface area contributed by atoms with E-state index < -0.39 is 11.7 Å². The van der Waals surface area contributed by atoms with Gasteiger partial charge in [0.05, 0.1) is 39.0 Å². The van der Waals surface area contributed by atoms with Gasteiger partial charge < -0.3 is 9.13 Å². The summed E-state index contributed by atoms with van der Waals surface area (Å²) in [6.45, 7) is 0. The van der Waals surface area contributed by atoms with Gasteiger partial charge in [-0.1, -0.05) is 249 Å². The number of rotatable bonds is 15. The molecule has 0 saturated carbocycles. The maximum absolute atomic E-state index is 16.0. The fraction of sp³-hybridized carbons (Fsp3) is 0.0104. The van der Waals surface area contributed by atoms with E-state index in [0.29, 0.717) is 131 Å². The van der Waals surface area contributed by atoms with Gasteiger partial charge in [-0.2, -0.15) is 13.2 Å². The van der Waals surface area contributed by atoms with Crippen molar-refractivity contribution in [2.45, 2.75) is 6.18 Å². The second-order valence-electron chi connectivity index (χ2n) is 27.4. The third-order valence-corrected chi connectivity index (χ3v) is 20.3. The van der Waals surface area contributed by atoms with Crippen LogP contribution in [0.1, 0.15) is 5.56 Å². The Morgan fingerprint density at radius 2 is 0.430 bits per heavy atom. The van der Waals surface area contributed by atoms with Gasteiger partial charge in [-0.25, -0.2) is 59.8 Å². The molecule has 20 aromatic rings. The Balaban J connectivity index is 0.822. The maximum Gasteiger partial charge on any atom is 0.416 e. The fourth-order valence-electron chi connectivity index (χ4n) is 14.8. The molecule has 0 radical (unpaired) electrons. The van der Waals surface area contributed by atoms with Crippen LogP contribution in [-0.2, 0) is 6.18 Å². The van der Waals surface area contributed by atoms with Crippen molar-refractivity contribution in [3.05, 3.63) is 358 Å². The minimum atomic E-state index is -4.78. The van der Waals surface area contributed by atoms with E-state index in [4.69, 9.17) is 64.8 Å². The monoisotopic (exact) mass is 1480 g/mol. The number of aromatic nitrogens is 15. The third-order valence-electron chi connectivity index (χ3n) is 20.3. The number of fused-ring (bicyclic) bond motifs is 6. The summed E-state index contributed by atoms with van der Waals surface area (Å²) >= 11 is 0. The second-order valence-corrected chi connectivity index (χ2v) is 27.4. The first-order valence-electron chi connectivity index (χ1n) is 36.9. The standard InChI is InChI=1S/C96H58F3N15/c97-96(98,99)71-45-46-72(83(57-71)114-80-49-43-69(94-109-88(63-33-17-5-18-34-63)103-89(110-94)64-35-19-6-20-36-64)55-75(80)76-56-70(44-50-81(76)114)95-111-90(65-37-21-7-22-38-65)104-91(112-95)66-39-23-8-24-40-66)77-58-100-52-51-82(77)113-78-47-41-67(92-105-84(59-25-9-1-10-26-59)101-85(106-92)60-27-11-2-12-28-60)53-73(78)74-54-68(42-48-79(74)113)93-107-86(61-29-13-3-14-30-61)102-87(108-93)62-31-15-4-16-32-62/h1-58H. The summed E-state index contributed by atoms with van der Waals surface area (Å²) in [5.41, 5.74) is 12.7. The Kier molecular flexibility index (Phi) is 16.9. The molecule has 0 spiro atoms. The fourth-order valence-corrected chi connectivity index (χ4v) is 14.8. The lowest BCUT2D eigenvalue weighted by Gasteiger charge is -2.20. The zero-order valence-electron chi connectivity index (χ0n) is 60.3. The Bertz CT molecular complexity index is 6460. The molecule has 114 heavy (non-hydrogen) atoms. The molecule has 13 aromatic carbocycles. The van der Waals surface area contributed by atoms with Gasteiger partial charge in [-0.05, 0) is 91.0 Å². The largest absolute Gasteiger partial charge is 0.416 e. The lowest BCUT2D eigenvalue weighted by Crippen LogP contribution is -2.08. The highest BCUT2D eigenvalue weighted by Gasteiger charge is 2.33. The highest BCUT2D eigenvalue weighted by Crippen LogP contribution is 2.46. The SMILES string of the molecule is FC(F)(F)c1ccc(-c2cnccc2-n2c3ccc(-c4nc(-c5ccccc5)nc(-c5ccccc5)n4)cc3c3cc(-c4nc(-c5ccccc5)nc(-c5ccccc5)n4)ccc32)c(-n2c3ccc(-c4nc(-c5ccccc5)nc(-c5ccccc5)n4)cc3c3cc(-c4nc(-c5ccccc5)nc(-c5ccccc5)n4)ccc32)c1. The molecule has 0 unspecified atom stereocenters. The summed E-state index contributed by atoms with van der Waals surface area (Å²) in [5.74, 6) is 5.47. The van der Waals surface area contributed by atoms with Crippen molar-refractivity contribution < 1.29 is 13.2 Å². The first-order valence-corrected chi connectivity index (χ1v) is 36.9. The molecular weight excluding hydrogens is 1420 g/mol. The molecule has 0 bridgehead atoms. The van der Waals surface area contributed by atoms with E-state index in [1.807, 2.05) is 314 Å². The van der Waals surface area contributed by atoms with Crippen LogP contribution in [0.4, 0.5) is 13.2 Å². The molecule has 538 valence electrons. The molecule has 15 nitrogen and oxygen atoms in total. The number of benzene rings is 13. The van der Waals surface area contributed by atoms with Gasteiger partial charge >= 0.3 is 6.18 Å². The van der Waals surface area contributed by atoms with Gasteiger partial charge in [0.1, 0.15) is 0 Å². The zero-order chi connectivity index (χ0) is 76.2. The van der Waals surface area contributed by atoms with Gasteiger partial charge in [0, 0.05) is 112 Å². The van der Waals surface area contributed by atoms with Crippen LogP contribution in [-0.4, -0.2) is 73.9 Å². The second kappa shape index (κ2) is 28.5. The molecule has 0 aliphatic heterocycles. The number of halogens is 3. The molecule has 0 aliphatic carbocycles. The van der Waals surface area contributed by atoms with Crippen LogP contribution in [0.3, 0.4) is 0 Å². The van der Waals surface area contributed by atoms with Crippen molar-refractivity contribution in [2.24, 2.45) is 0 Å². The van der Waals surface area contributed by atoms with E-state index in [-0.39, 0.29) is 5.69 Å². The van der Waals surface area contributed by atoms with Crippen molar-refractivity contribution in [2.75, 3.05) is 0 Å². The number of nitrogens with zero attached hydrogens (tertiary/aromatic N) is 15. The average Bonchev–Trinajstić information content (AvgIpc) is 1.56. The van der Waals surface area contributed by atoms with Crippen LogP contribution < -0.4 is 0 Å². The highest BCUT2D eigenvalue weighted by molar-refractivity contribution is 6.14. The predicted molar refractivity (Wildman–Crippen MR) is 442 cm³/mol. The summed E-state index contributed by atoms with van der Waals surface area (Å²) in [7, 11) is 0. The summed E-state index contributed by atoms with van der Waals surface area (Å²) < 4.78 is 52.0. The Labute approximate surface area is 650 Å². The number of pyridine rings is 1. The quantitative estimate of drug-likeness (QED) is 0.0948.